The molecule has 36 heavy (non-hydrogen) atoms. The van der Waals surface area contributed by atoms with E-state index in [2.05, 4.69) is 20.1 Å². The third-order valence-corrected chi connectivity index (χ3v) is 7.99. The second kappa shape index (κ2) is 11.4. The molecule has 2 saturated heterocycles. The molecule has 1 saturated carbocycles. The monoisotopic (exact) mass is 495 g/mol. The van der Waals surface area contributed by atoms with Gasteiger partial charge in [-0.3, -0.25) is 19.4 Å². The van der Waals surface area contributed by atoms with Gasteiger partial charge in [0.25, 0.3) is 0 Å². The molecule has 1 aromatic heterocycles. The molecule has 5 rings (SSSR count). The summed E-state index contributed by atoms with van der Waals surface area (Å²) in [5, 5.41) is 3.02. The maximum Gasteiger partial charge on any atom is 0.407 e. The van der Waals surface area contributed by atoms with E-state index in [4.69, 9.17) is 4.74 Å². The number of anilines is 1. The molecule has 3 fully saturated rings. The van der Waals surface area contributed by atoms with E-state index in [9.17, 15) is 14.4 Å². The Morgan fingerprint density at radius 2 is 1.67 bits per heavy atom. The number of piperazine rings is 1. The highest BCUT2D eigenvalue weighted by molar-refractivity contribution is 6.05. The first kappa shape index (κ1) is 24.7. The quantitative estimate of drug-likeness (QED) is 0.459. The maximum atomic E-state index is 13.1. The molecule has 2 aliphatic carbocycles. The zero-order valence-electron chi connectivity index (χ0n) is 20.9. The molecule has 0 radical (unpaired) electrons. The van der Waals surface area contributed by atoms with E-state index >= 15 is 0 Å². The molecule has 1 aromatic rings. The number of likely N-dealkylation sites (tertiary alicyclic amines) is 1. The van der Waals surface area contributed by atoms with E-state index in [1.807, 2.05) is 30.4 Å². The van der Waals surface area contributed by atoms with Gasteiger partial charge in [0, 0.05) is 45.0 Å². The summed E-state index contributed by atoms with van der Waals surface area (Å²) in [5.74, 6) is 0.148. The number of alkyl carbamates (subject to hydrolysis) is 1. The van der Waals surface area contributed by atoms with Crippen molar-refractivity contribution in [2.24, 2.45) is 11.8 Å². The highest BCUT2D eigenvalue weighted by Gasteiger charge is 2.48. The molecule has 3 atom stereocenters. The lowest BCUT2D eigenvalue weighted by Gasteiger charge is -2.37. The molecule has 1 unspecified atom stereocenters. The van der Waals surface area contributed by atoms with Crippen molar-refractivity contribution < 1.29 is 19.1 Å². The van der Waals surface area contributed by atoms with Gasteiger partial charge in [0.2, 0.25) is 11.8 Å². The Balaban J connectivity index is 1.22. The summed E-state index contributed by atoms with van der Waals surface area (Å²) in [4.78, 5) is 49.2. The minimum atomic E-state index is -0.573. The molecule has 9 nitrogen and oxygen atoms in total. The van der Waals surface area contributed by atoms with Crippen LogP contribution in [0.15, 0.2) is 36.5 Å². The summed E-state index contributed by atoms with van der Waals surface area (Å²) >= 11 is 0. The molecule has 9 heteroatoms. The van der Waals surface area contributed by atoms with Crippen molar-refractivity contribution in [1.29, 1.82) is 0 Å². The standard InChI is InChI=1S/C27H37N5O4/c33-25-22-10-4-5-11-23(22)26(34)32(25)19-21(36-27(35)29-20-8-2-1-3-9-20)18-30-14-16-31(17-15-30)24-12-6-7-13-28-24/h4-7,12-13,20-23H,1-3,8-11,14-19H2,(H,29,35)/t21?,22-,23+. The predicted molar refractivity (Wildman–Crippen MR) is 135 cm³/mol. The van der Waals surface area contributed by atoms with Crippen LogP contribution in [0, 0.1) is 11.8 Å². The van der Waals surface area contributed by atoms with E-state index in [0.29, 0.717) is 19.4 Å². The number of ether oxygens (including phenoxy) is 1. The first-order valence-electron chi connectivity index (χ1n) is 13.4. The number of nitrogens with one attached hydrogen (secondary N) is 1. The Morgan fingerprint density at radius 1 is 0.972 bits per heavy atom. The van der Waals surface area contributed by atoms with E-state index in [1.54, 1.807) is 6.20 Å². The average molecular weight is 496 g/mol. The SMILES string of the molecule is O=C(NC1CCCCC1)OC(CN1CCN(c2ccccn2)CC1)CN1C(=O)[C@H]2CC=CC[C@H]2C1=O. The Bertz CT molecular complexity index is 930. The molecule has 0 spiro atoms. The molecule has 2 aliphatic heterocycles. The van der Waals surface area contributed by atoms with Gasteiger partial charge < -0.3 is 15.0 Å². The normalized spacial score (nSPS) is 26.1. The van der Waals surface area contributed by atoms with Gasteiger partial charge in [-0.25, -0.2) is 9.78 Å². The third kappa shape index (κ3) is 5.72. The second-order valence-corrected chi connectivity index (χ2v) is 10.4. The minimum absolute atomic E-state index is 0.114. The maximum absolute atomic E-state index is 13.1. The Morgan fingerprint density at radius 3 is 2.31 bits per heavy atom. The van der Waals surface area contributed by atoms with Gasteiger partial charge in [-0.15, -0.1) is 0 Å². The minimum Gasteiger partial charge on any atom is -0.443 e. The van der Waals surface area contributed by atoms with Crippen molar-refractivity contribution >= 4 is 23.7 Å². The molecule has 194 valence electrons. The van der Waals surface area contributed by atoms with Crippen molar-refractivity contribution in [3.8, 4) is 0 Å². The summed E-state index contributed by atoms with van der Waals surface area (Å²) in [6, 6.07) is 6.04. The molecular formula is C27H37N5O4. The Kier molecular flexibility index (Phi) is 7.84. The van der Waals surface area contributed by atoms with Gasteiger partial charge in [0.1, 0.15) is 11.9 Å². The number of aromatic nitrogens is 1. The van der Waals surface area contributed by atoms with Crippen LogP contribution in [0.5, 0.6) is 0 Å². The molecule has 0 bridgehead atoms. The largest absolute Gasteiger partial charge is 0.443 e. The first-order chi connectivity index (χ1) is 17.6. The fourth-order valence-corrected chi connectivity index (χ4v) is 5.97. The number of allylic oxidation sites excluding steroid dienone is 2. The van der Waals surface area contributed by atoms with E-state index in [-0.39, 0.29) is 36.2 Å². The third-order valence-electron chi connectivity index (χ3n) is 7.99. The van der Waals surface area contributed by atoms with Crippen LogP contribution >= 0.6 is 0 Å². The highest BCUT2D eigenvalue weighted by atomic mass is 16.6. The van der Waals surface area contributed by atoms with Crippen LogP contribution in [0.3, 0.4) is 0 Å². The summed E-state index contributed by atoms with van der Waals surface area (Å²) in [5.41, 5.74) is 0. The predicted octanol–water partition coefficient (Wildman–Crippen LogP) is 2.58. The van der Waals surface area contributed by atoms with Crippen LogP contribution in [-0.4, -0.2) is 84.1 Å². The number of pyridine rings is 1. The number of fused-ring (bicyclic) bond motifs is 1. The number of hydrogen-bond acceptors (Lipinski definition) is 7. The number of hydrogen-bond donors (Lipinski definition) is 1. The zero-order chi connectivity index (χ0) is 24.9. The zero-order valence-corrected chi connectivity index (χ0v) is 20.9. The van der Waals surface area contributed by atoms with Crippen molar-refractivity contribution in [2.75, 3.05) is 44.2 Å². The van der Waals surface area contributed by atoms with Crippen LogP contribution < -0.4 is 10.2 Å². The highest BCUT2D eigenvalue weighted by Crippen LogP contribution is 2.35. The van der Waals surface area contributed by atoms with Crippen molar-refractivity contribution in [1.82, 2.24) is 20.1 Å². The topological polar surface area (TPSA) is 95.1 Å². The van der Waals surface area contributed by atoms with E-state index in [1.165, 1.54) is 11.3 Å². The lowest BCUT2D eigenvalue weighted by atomic mass is 9.85. The molecular weight excluding hydrogens is 458 g/mol. The van der Waals surface area contributed by atoms with Crippen molar-refractivity contribution in [3.63, 3.8) is 0 Å². The summed E-state index contributed by atoms with van der Waals surface area (Å²) < 4.78 is 5.90. The molecule has 1 N–H and O–H groups in total. The number of amides is 3. The Labute approximate surface area is 212 Å². The summed E-state index contributed by atoms with van der Waals surface area (Å²) in [6.07, 6.45) is 11.3. The van der Waals surface area contributed by atoms with Gasteiger partial charge in [-0.05, 0) is 37.8 Å². The van der Waals surface area contributed by atoms with Crippen molar-refractivity contribution in [2.45, 2.75) is 57.1 Å². The van der Waals surface area contributed by atoms with Gasteiger partial charge in [-0.2, -0.15) is 0 Å². The van der Waals surface area contributed by atoms with Crippen LogP contribution in [0.2, 0.25) is 0 Å². The molecule has 3 amide bonds. The Hall–Kier alpha value is -2.94. The number of carbonyl (C=O) groups excluding carboxylic acids is 3. The number of carbonyl (C=O) groups is 3. The van der Waals surface area contributed by atoms with Crippen LogP contribution in [0.4, 0.5) is 10.6 Å². The number of imide groups is 1. The fraction of sp³-hybridized carbons (Fsp3) is 0.630. The number of nitrogens with zero attached hydrogens (tertiary/aromatic N) is 4. The van der Waals surface area contributed by atoms with Gasteiger partial charge in [0.15, 0.2) is 0 Å². The first-order valence-corrected chi connectivity index (χ1v) is 13.4. The van der Waals surface area contributed by atoms with Gasteiger partial charge in [0.05, 0.1) is 18.4 Å². The van der Waals surface area contributed by atoms with Crippen LogP contribution in [0.25, 0.3) is 0 Å². The summed E-state index contributed by atoms with van der Waals surface area (Å²) in [6.45, 7) is 3.81. The van der Waals surface area contributed by atoms with E-state index < -0.39 is 12.2 Å². The lowest BCUT2D eigenvalue weighted by Crippen LogP contribution is -2.52. The lowest BCUT2D eigenvalue weighted by molar-refractivity contribution is -0.141. The number of rotatable bonds is 7. The molecule has 0 aromatic carbocycles. The second-order valence-electron chi connectivity index (χ2n) is 10.4. The molecule has 3 heterocycles. The average Bonchev–Trinajstić information content (AvgIpc) is 3.15. The van der Waals surface area contributed by atoms with E-state index in [0.717, 1.165) is 57.7 Å². The fourth-order valence-electron chi connectivity index (χ4n) is 5.97. The smallest absolute Gasteiger partial charge is 0.407 e. The van der Waals surface area contributed by atoms with Crippen LogP contribution in [0.1, 0.15) is 44.9 Å². The van der Waals surface area contributed by atoms with Gasteiger partial charge >= 0.3 is 6.09 Å². The van der Waals surface area contributed by atoms with Crippen LogP contribution in [-0.2, 0) is 14.3 Å². The molecule has 4 aliphatic rings. The van der Waals surface area contributed by atoms with Crippen molar-refractivity contribution in [3.05, 3.63) is 36.5 Å². The van der Waals surface area contributed by atoms with Gasteiger partial charge in [-0.1, -0.05) is 37.5 Å². The summed E-state index contributed by atoms with van der Waals surface area (Å²) in [7, 11) is 0.